The molecular formula is C44H54N6O5. The summed E-state index contributed by atoms with van der Waals surface area (Å²) in [6.07, 6.45) is 6.30. The molecule has 2 aromatic heterocycles. The normalized spacial score (nSPS) is 22.8. The van der Waals surface area contributed by atoms with E-state index in [1.807, 2.05) is 30.5 Å². The number of aromatic nitrogens is 2. The second kappa shape index (κ2) is 16.1. The Morgan fingerprint density at radius 1 is 1.13 bits per heavy atom. The molecule has 0 saturated carbocycles. The fourth-order valence-corrected chi connectivity index (χ4v) is 9.13. The van der Waals surface area contributed by atoms with Crippen molar-refractivity contribution in [2.45, 2.75) is 90.1 Å². The molecule has 0 radical (unpaired) electrons. The molecule has 3 N–H and O–H groups in total. The highest BCUT2D eigenvalue weighted by molar-refractivity contribution is 5.97. The van der Waals surface area contributed by atoms with Gasteiger partial charge < -0.3 is 24.7 Å². The first-order valence-corrected chi connectivity index (χ1v) is 19.6. The summed E-state index contributed by atoms with van der Waals surface area (Å²) >= 11 is 0. The Morgan fingerprint density at radius 2 is 1.95 bits per heavy atom. The maximum Gasteiger partial charge on any atom is 0.293 e. The van der Waals surface area contributed by atoms with Crippen LogP contribution in [0.1, 0.15) is 75.8 Å². The van der Waals surface area contributed by atoms with Crippen LogP contribution in [0.2, 0.25) is 0 Å². The lowest BCUT2D eigenvalue weighted by molar-refractivity contribution is -0.141. The topological polar surface area (TPSA) is 127 Å². The van der Waals surface area contributed by atoms with Crippen molar-refractivity contribution in [1.82, 2.24) is 30.6 Å². The van der Waals surface area contributed by atoms with Crippen LogP contribution < -0.4 is 16.1 Å². The maximum absolute atomic E-state index is 14.1. The van der Waals surface area contributed by atoms with E-state index >= 15 is 0 Å². The van der Waals surface area contributed by atoms with Crippen LogP contribution in [0, 0.1) is 11.3 Å². The summed E-state index contributed by atoms with van der Waals surface area (Å²) in [6, 6.07) is 17.8. The summed E-state index contributed by atoms with van der Waals surface area (Å²) in [5, 5.41) is 9.21. The SMILES string of the molecule is C=CC1CCCN(C(=O)C(Cc2cccc(-c3ccc4c(c3)c3c(n4CC)-c4cccnc4[C@@H](OC)C3C(C)(C)COC=O)c2)NC(=O)[C@H]2NCC[C@@H]2C)N1. The number of ether oxygens (including phenoxy) is 2. The van der Waals surface area contributed by atoms with Crippen LogP contribution in [0.4, 0.5) is 0 Å². The van der Waals surface area contributed by atoms with Gasteiger partial charge >= 0.3 is 0 Å². The Morgan fingerprint density at radius 3 is 2.67 bits per heavy atom. The first-order chi connectivity index (χ1) is 26.6. The van der Waals surface area contributed by atoms with Gasteiger partial charge in [-0.05, 0) is 85.2 Å². The standard InChI is InChI=1S/C44H54N6O5/c1-7-31-14-11-21-50(48-31)43(53)34(47-42(52)38-27(3)18-20-46-38)23-28-12-9-13-29(22-28)30-16-17-35-33(24-30)36-37(44(4,5)25-55-26-51)41(54-6)39-32(15-10-19-45-39)40(36)49(35)8-2/h7,9-10,12-13,15-17,19,22,24,26-27,31,34,37-38,41,46,48H,1,8,11,14,18,20-21,23,25H2,2-6H3,(H,47,52)/t27-,31?,34?,37?,38-,41-/m0/s1. The molecule has 55 heavy (non-hydrogen) atoms. The van der Waals surface area contributed by atoms with E-state index in [0.29, 0.717) is 19.4 Å². The Labute approximate surface area is 323 Å². The first-order valence-electron chi connectivity index (χ1n) is 19.6. The number of nitrogens with one attached hydrogen (secondary N) is 3. The van der Waals surface area contributed by atoms with Crippen LogP contribution >= 0.6 is 0 Å². The zero-order valence-electron chi connectivity index (χ0n) is 32.6. The minimum atomic E-state index is -0.752. The van der Waals surface area contributed by atoms with Crippen molar-refractivity contribution in [3.05, 3.63) is 90.3 Å². The van der Waals surface area contributed by atoms with Crippen molar-refractivity contribution in [2.75, 3.05) is 26.8 Å². The van der Waals surface area contributed by atoms with E-state index in [1.165, 1.54) is 0 Å². The van der Waals surface area contributed by atoms with E-state index in [1.54, 1.807) is 12.1 Å². The molecule has 3 aliphatic rings. The second-order valence-electron chi connectivity index (χ2n) is 16.0. The van der Waals surface area contributed by atoms with E-state index in [0.717, 1.165) is 82.5 Å². The Kier molecular flexibility index (Phi) is 11.2. The summed E-state index contributed by atoms with van der Waals surface area (Å²) < 4.78 is 14.0. The highest BCUT2D eigenvalue weighted by Crippen LogP contribution is 2.57. The number of methoxy groups -OCH3 is 1. The average Bonchev–Trinajstić information content (AvgIpc) is 3.79. The molecule has 2 saturated heterocycles. The Hall–Kier alpha value is -4.84. The second-order valence-corrected chi connectivity index (χ2v) is 16.0. The third kappa shape index (κ3) is 7.33. The molecule has 2 aromatic carbocycles. The van der Waals surface area contributed by atoms with Gasteiger partial charge in [0.15, 0.2) is 0 Å². The molecular weight excluding hydrogens is 693 g/mol. The fourth-order valence-electron chi connectivity index (χ4n) is 9.13. The molecule has 2 amide bonds. The molecule has 0 spiro atoms. The van der Waals surface area contributed by atoms with Crippen LogP contribution in [-0.2, 0) is 36.8 Å². The van der Waals surface area contributed by atoms with Crippen molar-refractivity contribution < 1.29 is 23.9 Å². The van der Waals surface area contributed by atoms with E-state index in [-0.39, 0.29) is 48.4 Å². The summed E-state index contributed by atoms with van der Waals surface area (Å²) in [5.74, 6) is -0.287. The van der Waals surface area contributed by atoms with E-state index in [4.69, 9.17) is 14.5 Å². The number of pyridine rings is 1. The number of fused-ring (bicyclic) bond motifs is 5. The fraction of sp³-hybridized carbons (Fsp3) is 0.455. The monoisotopic (exact) mass is 746 g/mol. The van der Waals surface area contributed by atoms with E-state index in [9.17, 15) is 14.4 Å². The lowest BCUT2D eigenvalue weighted by atomic mass is 9.67. The molecule has 11 heteroatoms. The Balaban J connectivity index is 1.28. The van der Waals surface area contributed by atoms with Gasteiger partial charge in [-0.3, -0.25) is 24.4 Å². The van der Waals surface area contributed by atoms with Crippen molar-refractivity contribution in [2.24, 2.45) is 11.3 Å². The predicted molar refractivity (Wildman–Crippen MR) is 214 cm³/mol. The van der Waals surface area contributed by atoms with Gasteiger partial charge in [-0.25, -0.2) is 5.43 Å². The number of hydrazine groups is 1. The maximum atomic E-state index is 14.1. The lowest BCUT2D eigenvalue weighted by Crippen LogP contribution is -2.59. The number of benzene rings is 2. The molecule has 4 aromatic rings. The molecule has 7 rings (SSSR count). The van der Waals surface area contributed by atoms with Gasteiger partial charge in [0, 0.05) is 66.7 Å². The van der Waals surface area contributed by atoms with E-state index in [2.05, 4.69) is 91.3 Å². The first kappa shape index (κ1) is 38.4. The minimum Gasteiger partial charge on any atom is -0.467 e. The van der Waals surface area contributed by atoms with Crippen molar-refractivity contribution >= 4 is 29.2 Å². The molecule has 6 atom stereocenters. The lowest BCUT2D eigenvalue weighted by Gasteiger charge is -2.42. The number of carbonyl (C=O) groups excluding carboxylic acids is 3. The minimum absolute atomic E-state index is 0.00349. The summed E-state index contributed by atoms with van der Waals surface area (Å²) in [4.78, 5) is 44.0. The predicted octanol–water partition coefficient (Wildman–Crippen LogP) is 6.08. The zero-order valence-corrected chi connectivity index (χ0v) is 32.6. The summed E-state index contributed by atoms with van der Waals surface area (Å²) in [6.45, 7) is 15.2. The third-order valence-electron chi connectivity index (χ3n) is 11.9. The molecule has 0 bridgehead atoms. The van der Waals surface area contributed by atoms with Crippen molar-refractivity contribution in [3.63, 3.8) is 0 Å². The van der Waals surface area contributed by atoms with E-state index < -0.39 is 11.5 Å². The van der Waals surface area contributed by atoms with Gasteiger partial charge in [0.25, 0.3) is 12.4 Å². The largest absolute Gasteiger partial charge is 0.467 e. The van der Waals surface area contributed by atoms with Gasteiger partial charge in [-0.1, -0.05) is 57.2 Å². The quantitative estimate of drug-likeness (QED) is 0.111. The highest BCUT2D eigenvalue weighted by atomic mass is 16.5. The van der Waals surface area contributed by atoms with Gasteiger partial charge in [-0.2, -0.15) is 0 Å². The number of nitrogens with zero attached hydrogens (tertiary/aromatic N) is 3. The van der Waals surface area contributed by atoms with Gasteiger partial charge in [-0.15, -0.1) is 6.58 Å². The molecule has 11 nitrogen and oxygen atoms in total. The molecule has 3 unspecified atom stereocenters. The van der Waals surface area contributed by atoms with Crippen molar-refractivity contribution in [3.8, 4) is 22.4 Å². The molecule has 2 aliphatic heterocycles. The van der Waals surface area contributed by atoms with Gasteiger partial charge in [0.1, 0.15) is 12.1 Å². The van der Waals surface area contributed by atoms with Gasteiger partial charge in [0.2, 0.25) is 5.91 Å². The summed E-state index contributed by atoms with van der Waals surface area (Å²) in [5.41, 5.74) is 11.1. The number of carbonyl (C=O) groups is 3. The zero-order chi connectivity index (χ0) is 38.9. The number of rotatable bonds is 13. The Bertz CT molecular complexity index is 2070. The molecule has 2 fully saturated rings. The van der Waals surface area contributed by atoms with Crippen LogP contribution in [0.5, 0.6) is 0 Å². The molecule has 1 aliphatic carbocycles. The molecule has 290 valence electrons. The number of amides is 2. The van der Waals surface area contributed by atoms with Crippen LogP contribution in [0.25, 0.3) is 33.3 Å². The van der Waals surface area contributed by atoms with Crippen molar-refractivity contribution in [1.29, 1.82) is 0 Å². The van der Waals surface area contributed by atoms with Crippen LogP contribution in [-0.4, -0.2) is 77.8 Å². The van der Waals surface area contributed by atoms with Gasteiger partial charge in [0.05, 0.1) is 24.0 Å². The number of hydrogen-bond donors (Lipinski definition) is 3. The average molecular weight is 747 g/mol. The third-order valence-corrected chi connectivity index (χ3v) is 11.9. The number of hydrogen-bond acceptors (Lipinski definition) is 8. The van der Waals surface area contributed by atoms with Crippen LogP contribution in [0.15, 0.2) is 73.4 Å². The van der Waals surface area contributed by atoms with Crippen LogP contribution in [0.3, 0.4) is 0 Å². The summed E-state index contributed by atoms with van der Waals surface area (Å²) in [7, 11) is 1.72. The highest BCUT2D eigenvalue weighted by Gasteiger charge is 2.47. The molecule has 4 heterocycles. The number of aryl methyl sites for hydroxylation is 1. The smallest absolute Gasteiger partial charge is 0.293 e.